The number of benzene rings is 1. The number of aromatic nitrogens is 1. The summed E-state index contributed by atoms with van der Waals surface area (Å²) in [6, 6.07) is 8.44. The molecule has 1 aromatic heterocycles. The molecule has 2 aromatic rings. The molecule has 0 amide bonds. The van der Waals surface area contributed by atoms with Crippen molar-refractivity contribution in [2.75, 3.05) is 6.61 Å². The van der Waals surface area contributed by atoms with Crippen molar-refractivity contribution in [3.8, 4) is 0 Å². The van der Waals surface area contributed by atoms with Crippen LogP contribution < -0.4 is 0 Å². The van der Waals surface area contributed by atoms with Crippen LogP contribution in [-0.4, -0.2) is 57.9 Å². The Morgan fingerprint density at radius 3 is 2.86 bits per heavy atom. The number of unbranched alkanes of at least 4 members (excludes halogenated alkanes) is 1. The van der Waals surface area contributed by atoms with Crippen molar-refractivity contribution in [3.63, 3.8) is 0 Å². The molecule has 3 fully saturated rings. The first-order valence-corrected chi connectivity index (χ1v) is 13.7. The minimum atomic E-state index is -1.43. The van der Waals surface area contributed by atoms with E-state index < -0.39 is 34.6 Å². The van der Waals surface area contributed by atoms with Gasteiger partial charge in [-0.3, -0.25) is 4.79 Å². The average molecular weight is 505 g/mol. The lowest BCUT2D eigenvalue weighted by Gasteiger charge is -2.63. The molecule has 7 rings (SSSR count). The van der Waals surface area contributed by atoms with E-state index in [2.05, 4.69) is 36.2 Å². The Hall–Kier alpha value is -2.32. The molecular formula is C30H36N2O5. The zero-order valence-electron chi connectivity index (χ0n) is 21.8. The minimum absolute atomic E-state index is 0.0989. The molecule has 3 heterocycles. The maximum atomic E-state index is 13.3. The van der Waals surface area contributed by atoms with Crippen LogP contribution in [-0.2, 0) is 25.4 Å². The molecular weight excluding hydrogens is 468 g/mol. The fourth-order valence-electron chi connectivity index (χ4n) is 8.61. The van der Waals surface area contributed by atoms with E-state index in [1.807, 2.05) is 13.8 Å². The van der Waals surface area contributed by atoms with E-state index in [0.29, 0.717) is 43.8 Å². The smallest absolute Gasteiger partial charge is 0.195 e. The molecule has 3 N–H and O–H groups in total. The summed E-state index contributed by atoms with van der Waals surface area (Å²) >= 11 is 0. The van der Waals surface area contributed by atoms with E-state index in [9.17, 15) is 9.90 Å². The van der Waals surface area contributed by atoms with Crippen LogP contribution in [0.5, 0.6) is 0 Å². The van der Waals surface area contributed by atoms with Crippen molar-refractivity contribution in [1.29, 1.82) is 5.41 Å². The van der Waals surface area contributed by atoms with Crippen molar-refractivity contribution in [2.45, 2.75) is 94.4 Å². The highest BCUT2D eigenvalue weighted by molar-refractivity contribution is 5.97. The molecule has 1 spiro atoms. The summed E-state index contributed by atoms with van der Waals surface area (Å²) < 4.78 is 19.5. The van der Waals surface area contributed by atoms with Crippen LogP contribution in [0, 0.1) is 16.7 Å². The number of aliphatic hydroxyl groups is 1. The molecule has 5 aliphatic rings. The van der Waals surface area contributed by atoms with Gasteiger partial charge in [-0.15, -0.1) is 0 Å². The van der Waals surface area contributed by atoms with Crippen LogP contribution in [0.15, 0.2) is 35.9 Å². The molecule has 0 radical (unpaired) electrons. The van der Waals surface area contributed by atoms with Gasteiger partial charge in [0.25, 0.3) is 0 Å². The minimum Gasteiger partial charge on any atom is -0.382 e. The summed E-state index contributed by atoms with van der Waals surface area (Å²) in [5.41, 5.74) is 1.46. The largest absolute Gasteiger partial charge is 0.382 e. The Morgan fingerprint density at radius 1 is 1.24 bits per heavy atom. The van der Waals surface area contributed by atoms with Crippen LogP contribution in [0.25, 0.3) is 10.9 Å². The second kappa shape index (κ2) is 7.63. The molecule has 37 heavy (non-hydrogen) atoms. The van der Waals surface area contributed by atoms with Gasteiger partial charge in [-0.1, -0.05) is 25.1 Å². The molecule has 2 aliphatic heterocycles. The molecule has 3 aliphatic carbocycles. The molecule has 1 aromatic carbocycles. The zero-order chi connectivity index (χ0) is 25.8. The highest BCUT2D eigenvalue weighted by atomic mass is 16.8. The number of carbonyl (C=O) groups excluding carboxylic acids is 1. The number of carbonyl (C=O) groups is 1. The maximum absolute atomic E-state index is 13.3. The lowest BCUT2D eigenvalue weighted by Crippen LogP contribution is -2.70. The Balaban J connectivity index is 1.38. The molecule has 196 valence electrons. The Morgan fingerprint density at radius 2 is 2.05 bits per heavy atom. The average Bonchev–Trinajstić information content (AvgIpc) is 3.47. The second-order valence-electron chi connectivity index (χ2n) is 12.5. The second-order valence-corrected chi connectivity index (χ2v) is 12.5. The zero-order valence-corrected chi connectivity index (χ0v) is 21.8. The van der Waals surface area contributed by atoms with Crippen LogP contribution in [0.2, 0.25) is 0 Å². The van der Waals surface area contributed by atoms with Crippen molar-refractivity contribution in [3.05, 3.63) is 47.2 Å². The standard InChI is InChI=1S/C30H36N2O5/c1-27(2)26-21(33)16-22-29(36-26,37-27)11-10-28(3)24-17(15-23(30(22,28)34)35-13-7-6-12-31)14-19-18-8-4-5-9-20(18)32-25(19)24/h4-5,8-9,12,16-17,23-24,26,31-32,34H,6-7,10-11,13-15H2,1-3H3/t17-,23+,24?,26?,28?,29+,30+/m1/s1. The van der Waals surface area contributed by atoms with E-state index in [1.165, 1.54) is 22.9 Å². The highest BCUT2D eigenvalue weighted by Gasteiger charge is 2.75. The fraction of sp³-hybridized carbons (Fsp3) is 0.600. The predicted molar refractivity (Wildman–Crippen MR) is 139 cm³/mol. The van der Waals surface area contributed by atoms with E-state index in [1.54, 1.807) is 6.08 Å². The number of H-pyrrole nitrogens is 1. The van der Waals surface area contributed by atoms with E-state index in [0.717, 1.165) is 18.4 Å². The quantitative estimate of drug-likeness (QED) is 0.409. The van der Waals surface area contributed by atoms with Gasteiger partial charge in [0.2, 0.25) is 0 Å². The van der Waals surface area contributed by atoms with Gasteiger partial charge < -0.3 is 29.7 Å². The number of ketones is 1. The predicted octanol–water partition coefficient (Wildman–Crippen LogP) is 4.57. The van der Waals surface area contributed by atoms with Gasteiger partial charge in [-0.25, -0.2) is 0 Å². The van der Waals surface area contributed by atoms with Gasteiger partial charge in [0.05, 0.1) is 6.10 Å². The number of fused-ring (bicyclic) bond motifs is 9. The van der Waals surface area contributed by atoms with Crippen molar-refractivity contribution >= 4 is 22.9 Å². The van der Waals surface area contributed by atoms with E-state index in [4.69, 9.17) is 19.6 Å². The summed E-state index contributed by atoms with van der Waals surface area (Å²) in [7, 11) is 0. The third kappa shape index (κ3) is 2.92. The van der Waals surface area contributed by atoms with Crippen LogP contribution in [0.4, 0.5) is 0 Å². The van der Waals surface area contributed by atoms with Gasteiger partial charge in [0, 0.05) is 46.5 Å². The van der Waals surface area contributed by atoms with Gasteiger partial charge in [-0.2, -0.15) is 0 Å². The van der Waals surface area contributed by atoms with Crippen molar-refractivity contribution in [2.24, 2.45) is 11.3 Å². The third-order valence-electron chi connectivity index (χ3n) is 10.2. The summed E-state index contributed by atoms with van der Waals surface area (Å²) in [5, 5.41) is 21.7. The lowest BCUT2D eigenvalue weighted by atomic mass is 9.47. The maximum Gasteiger partial charge on any atom is 0.195 e. The molecule has 2 bridgehead atoms. The SMILES string of the molecule is CC1(C)O[C@@]23CCC4(C)C5c6[nH]c7ccccc7c6C[C@@H]5C[C@H](OCCCC=N)[C@@]4(O)C2=CC(=O)C1O3. The summed E-state index contributed by atoms with van der Waals surface area (Å²) in [6.07, 6.45) is 6.13. The van der Waals surface area contributed by atoms with E-state index >= 15 is 0 Å². The number of nitrogens with one attached hydrogen (secondary N) is 2. The van der Waals surface area contributed by atoms with Crippen LogP contribution >= 0.6 is 0 Å². The number of aromatic amines is 1. The van der Waals surface area contributed by atoms with Crippen molar-refractivity contribution in [1.82, 2.24) is 4.98 Å². The van der Waals surface area contributed by atoms with Crippen LogP contribution in [0.1, 0.15) is 70.1 Å². The van der Waals surface area contributed by atoms with Gasteiger partial charge in [0.15, 0.2) is 17.7 Å². The number of ether oxygens (including phenoxy) is 3. The number of para-hydroxylation sites is 1. The van der Waals surface area contributed by atoms with Crippen molar-refractivity contribution < 1.29 is 24.1 Å². The van der Waals surface area contributed by atoms with Gasteiger partial charge in [-0.05, 0) is 75.8 Å². The first-order chi connectivity index (χ1) is 17.6. The Kier molecular flexibility index (Phi) is 4.90. The normalized spacial score (nSPS) is 41.1. The van der Waals surface area contributed by atoms with Gasteiger partial charge in [0.1, 0.15) is 11.2 Å². The molecule has 7 nitrogen and oxygen atoms in total. The third-order valence-corrected chi connectivity index (χ3v) is 10.2. The molecule has 2 saturated carbocycles. The summed E-state index contributed by atoms with van der Waals surface area (Å²) in [6.45, 7) is 6.43. The van der Waals surface area contributed by atoms with Crippen LogP contribution in [0.3, 0.4) is 0 Å². The fourth-order valence-corrected chi connectivity index (χ4v) is 8.61. The molecule has 1 saturated heterocycles. The summed E-state index contributed by atoms with van der Waals surface area (Å²) in [4.78, 5) is 17.1. The topological polar surface area (TPSA) is 105 Å². The molecule has 3 unspecified atom stereocenters. The summed E-state index contributed by atoms with van der Waals surface area (Å²) in [5.74, 6) is -0.829. The number of rotatable bonds is 5. The first-order valence-electron chi connectivity index (χ1n) is 13.7. The Labute approximate surface area is 217 Å². The van der Waals surface area contributed by atoms with E-state index in [-0.39, 0.29) is 11.7 Å². The monoisotopic (exact) mass is 504 g/mol. The lowest BCUT2D eigenvalue weighted by molar-refractivity contribution is -0.267. The first kappa shape index (κ1) is 23.8. The highest BCUT2D eigenvalue weighted by Crippen LogP contribution is 2.70. The number of hydrogen-bond acceptors (Lipinski definition) is 6. The Bertz CT molecular complexity index is 1340. The molecule has 7 heteroatoms. The number of hydrogen-bond donors (Lipinski definition) is 3. The van der Waals surface area contributed by atoms with Gasteiger partial charge >= 0.3 is 0 Å². The molecule has 7 atom stereocenters.